The van der Waals surface area contributed by atoms with E-state index in [2.05, 4.69) is 5.32 Å². The molecule has 1 aromatic heterocycles. The summed E-state index contributed by atoms with van der Waals surface area (Å²) in [4.78, 5) is 34.9. The first kappa shape index (κ1) is 18.5. The molecule has 0 bridgehead atoms. The van der Waals surface area contributed by atoms with Crippen molar-refractivity contribution >= 4 is 28.8 Å². The number of aromatic carboxylic acids is 1. The van der Waals surface area contributed by atoms with Gasteiger partial charge in [0, 0.05) is 36.0 Å². The molecule has 1 heterocycles. The van der Waals surface area contributed by atoms with Crippen LogP contribution in [-0.4, -0.2) is 40.7 Å². The Hall–Kier alpha value is -2.81. The van der Waals surface area contributed by atoms with Crippen molar-refractivity contribution in [2.75, 3.05) is 11.9 Å². The number of anilines is 1. The summed E-state index contributed by atoms with van der Waals surface area (Å²) in [6.45, 7) is 0.147. The number of nitrogens with zero attached hydrogens (tertiary/aromatic N) is 1. The number of benzene rings is 1. The van der Waals surface area contributed by atoms with Gasteiger partial charge in [0.2, 0.25) is 5.43 Å². The third-order valence-electron chi connectivity index (χ3n) is 5.70. The Labute approximate surface area is 158 Å². The zero-order chi connectivity index (χ0) is 20.2. The number of rotatable bonds is 7. The van der Waals surface area contributed by atoms with Crippen LogP contribution in [0.5, 0.6) is 0 Å². The maximum absolute atomic E-state index is 14.6. The van der Waals surface area contributed by atoms with Crippen molar-refractivity contribution in [3.63, 3.8) is 0 Å². The number of carboxylic acids is 1. The van der Waals surface area contributed by atoms with E-state index in [1.807, 2.05) is 0 Å². The van der Waals surface area contributed by atoms with Gasteiger partial charge in [-0.1, -0.05) is 0 Å². The van der Waals surface area contributed by atoms with Crippen LogP contribution in [0.3, 0.4) is 0 Å². The van der Waals surface area contributed by atoms with Crippen molar-refractivity contribution in [3.8, 4) is 0 Å². The first-order chi connectivity index (χ1) is 13.3. The van der Waals surface area contributed by atoms with E-state index < -0.39 is 46.4 Å². The molecule has 4 N–H and O–H groups in total. The fraction of sp³-hybridized carbons (Fsp3) is 0.421. The van der Waals surface area contributed by atoms with E-state index in [0.29, 0.717) is 12.8 Å². The Kier molecular flexibility index (Phi) is 4.22. The molecule has 0 radical (unpaired) electrons. The quantitative estimate of drug-likeness (QED) is 0.621. The number of nitrogens with one attached hydrogen (secondary N) is 1. The molecular weight excluding hydrogens is 372 g/mol. The van der Waals surface area contributed by atoms with Crippen molar-refractivity contribution in [3.05, 3.63) is 39.9 Å². The second kappa shape index (κ2) is 6.37. The van der Waals surface area contributed by atoms with Crippen molar-refractivity contribution < 1.29 is 23.5 Å². The van der Waals surface area contributed by atoms with E-state index in [9.17, 15) is 28.3 Å². The third kappa shape index (κ3) is 2.95. The summed E-state index contributed by atoms with van der Waals surface area (Å²) >= 11 is 0. The number of carboxylic acid groups (broad SMARTS) is 1. The van der Waals surface area contributed by atoms with E-state index in [0.717, 1.165) is 18.5 Å². The number of fused-ring (bicyclic) bond motifs is 1. The molecule has 148 valence electrons. The monoisotopic (exact) mass is 391 g/mol. The van der Waals surface area contributed by atoms with Crippen LogP contribution in [0, 0.1) is 11.2 Å². The van der Waals surface area contributed by atoms with Crippen LogP contribution in [0.4, 0.5) is 14.5 Å². The first-order valence-electron chi connectivity index (χ1n) is 8.99. The van der Waals surface area contributed by atoms with Crippen LogP contribution >= 0.6 is 0 Å². The lowest BCUT2D eigenvalue weighted by atomic mass is 9.99. The number of aldehydes is 1. The number of hydrogen-bond acceptors (Lipinski definition) is 5. The lowest BCUT2D eigenvalue weighted by molar-refractivity contribution is -0.112. The average molecular weight is 391 g/mol. The maximum atomic E-state index is 14.6. The summed E-state index contributed by atoms with van der Waals surface area (Å²) in [5.74, 6) is -2.21. The molecule has 0 aliphatic heterocycles. The topological polar surface area (TPSA) is 114 Å². The van der Waals surface area contributed by atoms with Crippen LogP contribution in [0.15, 0.2) is 23.1 Å². The van der Waals surface area contributed by atoms with Crippen molar-refractivity contribution in [2.45, 2.75) is 37.5 Å². The number of halogens is 2. The van der Waals surface area contributed by atoms with Crippen molar-refractivity contribution in [1.29, 1.82) is 0 Å². The highest BCUT2D eigenvalue weighted by molar-refractivity contribution is 5.93. The molecular formula is C19H19F2N3O4. The largest absolute Gasteiger partial charge is 0.477 e. The molecule has 0 amide bonds. The zero-order valence-electron chi connectivity index (χ0n) is 14.8. The summed E-state index contributed by atoms with van der Waals surface area (Å²) in [5, 5.41) is 12.0. The van der Waals surface area contributed by atoms with Gasteiger partial charge in [-0.15, -0.1) is 0 Å². The smallest absolute Gasteiger partial charge is 0.341 e. The fourth-order valence-electron chi connectivity index (χ4n) is 3.52. The van der Waals surface area contributed by atoms with Gasteiger partial charge in [-0.25, -0.2) is 13.6 Å². The minimum atomic E-state index is -1.45. The first-order valence-corrected chi connectivity index (χ1v) is 8.99. The minimum absolute atomic E-state index is 0.0527. The Morgan fingerprint density at radius 2 is 2.14 bits per heavy atom. The number of pyridine rings is 1. The Bertz CT molecular complexity index is 1050. The SMILES string of the molecule is NC(CNc1cc2c(cc1F)c(=O)c(C(=O)O)cn2C1CC1F)C1(C=O)CC1. The lowest BCUT2D eigenvalue weighted by Gasteiger charge is -2.20. The van der Waals surface area contributed by atoms with Gasteiger partial charge in [0.15, 0.2) is 0 Å². The second-order valence-corrected chi connectivity index (χ2v) is 7.59. The molecule has 0 spiro atoms. The molecule has 3 atom stereocenters. The van der Waals surface area contributed by atoms with E-state index in [1.54, 1.807) is 0 Å². The fourth-order valence-corrected chi connectivity index (χ4v) is 3.52. The van der Waals surface area contributed by atoms with Crippen molar-refractivity contribution in [2.24, 2.45) is 11.1 Å². The summed E-state index contributed by atoms with van der Waals surface area (Å²) in [7, 11) is 0. The highest BCUT2D eigenvalue weighted by atomic mass is 19.1. The van der Waals surface area contributed by atoms with E-state index in [1.165, 1.54) is 10.6 Å². The molecule has 2 saturated carbocycles. The molecule has 7 nitrogen and oxygen atoms in total. The molecule has 1 aromatic carbocycles. The Morgan fingerprint density at radius 3 is 2.68 bits per heavy atom. The number of hydrogen-bond donors (Lipinski definition) is 3. The second-order valence-electron chi connectivity index (χ2n) is 7.59. The molecule has 2 aliphatic rings. The zero-order valence-corrected chi connectivity index (χ0v) is 14.8. The molecule has 2 aromatic rings. The highest BCUT2D eigenvalue weighted by Gasteiger charge is 2.47. The van der Waals surface area contributed by atoms with E-state index in [4.69, 9.17) is 5.73 Å². The number of carbonyl (C=O) groups is 2. The molecule has 3 unspecified atom stereocenters. The van der Waals surface area contributed by atoms with Gasteiger partial charge in [-0.2, -0.15) is 0 Å². The minimum Gasteiger partial charge on any atom is -0.477 e. The third-order valence-corrected chi connectivity index (χ3v) is 5.70. The lowest BCUT2D eigenvalue weighted by Crippen LogP contribution is -2.39. The Balaban J connectivity index is 1.74. The average Bonchev–Trinajstić information content (AvgIpc) is 3.57. The maximum Gasteiger partial charge on any atom is 0.341 e. The number of alkyl halides is 1. The summed E-state index contributed by atoms with van der Waals surface area (Å²) < 4.78 is 29.6. The van der Waals surface area contributed by atoms with Gasteiger partial charge in [0.25, 0.3) is 0 Å². The normalized spacial score (nSPS) is 23.2. The van der Waals surface area contributed by atoms with Crippen molar-refractivity contribution in [1.82, 2.24) is 4.57 Å². The summed E-state index contributed by atoms with van der Waals surface area (Å²) in [6.07, 6.45) is 2.37. The molecule has 2 fully saturated rings. The van der Waals surface area contributed by atoms with Crippen LogP contribution < -0.4 is 16.5 Å². The van der Waals surface area contributed by atoms with Gasteiger partial charge in [-0.05, 0) is 25.0 Å². The standard InChI is InChI=1S/C19H19F2N3O4/c20-11-3-9-14(5-13(11)23-6-16(22)19(8-25)1-2-19)24(15-4-12(15)21)7-10(17(9)26)18(27)28/h3,5,7-8,12,15-16,23H,1-2,4,6,22H2,(H,27,28). The van der Waals surface area contributed by atoms with Gasteiger partial charge in [0.1, 0.15) is 23.8 Å². The van der Waals surface area contributed by atoms with Crippen LogP contribution in [0.1, 0.15) is 35.7 Å². The number of carbonyl (C=O) groups excluding carboxylic acids is 1. The van der Waals surface area contributed by atoms with E-state index >= 15 is 0 Å². The van der Waals surface area contributed by atoms with Crippen LogP contribution in [0.2, 0.25) is 0 Å². The predicted octanol–water partition coefficient (Wildman–Crippen LogP) is 1.84. The van der Waals surface area contributed by atoms with Gasteiger partial charge in [-0.3, -0.25) is 4.79 Å². The molecule has 2 aliphatic carbocycles. The van der Waals surface area contributed by atoms with Crippen LogP contribution in [-0.2, 0) is 4.79 Å². The number of nitrogens with two attached hydrogens (primary N) is 1. The summed E-state index contributed by atoms with van der Waals surface area (Å²) in [5.41, 5.74) is 4.40. The van der Waals surface area contributed by atoms with Gasteiger partial charge < -0.3 is 25.5 Å². The molecule has 0 saturated heterocycles. The van der Waals surface area contributed by atoms with E-state index in [-0.39, 0.29) is 29.6 Å². The van der Waals surface area contributed by atoms with Gasteiger partial charge >= 0.3 is 5.97 Å². The van der Waals surface area contributed by atoms with Crippen LogP contribution in [0.25, 0.3) is 10.9 Å². The molecule has 28 heavy (non-hydrogen) atoms. The summed E-state index contributed by atoms with van der Waals surface area (Å²) in [6, 6.07) is 1.23. The van der Waals surface area contributed by atoms with Gasteiger partial charge in [0.05, 0.1) is 17.2 Å². The predicted molar refractivity (Wildman–Crippen MR) is 97.9 cm³/mol. The number of aromatic nitrogens is 1. The highest BCUT2D eigenvalue weighted by Crippen LogP contribution is 2.46. The molecule has 9 heteroatoms. The Morgan fingerprint density at radius 1 is 1.46 bits per heavy atom. The molecule has 4 rings (SSSR count).